The Balaban J connectivity index is 2.07. The molecule has 0 aromatic rings. The lowest BCUT2D eigenvalue weighted by Crippen LogP contribution is -2.60. The molecular formula is C13H22N2O5. The minimum atomic E-state index is -1.33. The number of aliphatic hydroxyl groups is 1. The van der Waals surface area contributed by atoms with E-state index in [0.29, 0.717) is 13.2 Å². The zero-order valence-electron chi connectivity index (χ0n) is 11.5. The van der Waals surface area contributed by atoms with Crippen LogP contribution in [0.15, 0.2) is 0 Å². The van der Waals surface area contributed by atoms with Gasteiger partial charge in [-0.2, -0.15) is 0 Å². The van der Waals surface area contributed by atoms with Crippen LogP contribution in [0.3, 0.4) is 0 Å². The number of urea groups is 1. The summed E-state index contributed by atoms with van der Waals surface area (Å²) in [5.41, 5.74) is -1.33. The molecule has 0 saturated carbocycles. The van der Waals surface area contributed by atoms with Crippen LogP contribution in [0.5, 0.6) is 0 Å². The van der Waals surface area contributed by atoms with Crippen LogP contribution in [-0.4, -0.2) is 65.1 Å². The lowest BCUT2D eigenvalue weighted by Gasteiger charge is -2.32. The Morgan fingerprint density at radius 1 is 1.35 bits per heavy atom. The highest BCUT2D eigenvalue weighted by Gasteiger charge is 2.45. The van der Waals surface area contributed by atoms with E-state index in [1.54, 1.807) is 4.90 Å². The third-order valence-corrected chi connectivity index (χ3v) is 4.13. The van der Waals surface area contributed by atoms with Crippen LogP contribution in [0.1, 0.15) is 32.1 Å². The van der Waals surface area contributed by atoms with Crippen LogP contribution in [0.4, 0.5) is 4.79 Å². The fourth-order valence-electron chi connectivity index (χ4n) is 2.80. The van der Waals surface area contributed by atoms with Crippen molar-refractivity contribution in [1.29, 1.82) is 0 Å². The number of aliphatic carboxylic acids is 1. The molecule has 7 nitrogen and oxygen atoms in total. The fourth-order valence-corrected chi connectivity index (χ4v) is 2.80. The predicted octanol–water partition coefficient (Wildman–Crippen LogP) is 0.177. The molecule has 2 amide bonds. The highest BCUT2D eigenvalue weighted by Crippen LogP contribution is 2.22. The molecular weight excluding hydrogens is 264 g/mol. The van der Waals surface area contributed by atoms with Crippen molar-refractivity contribution in [3.05, 3.63) is 0 Å². The van der Waals surface area contributed by atoms with Crippen LogP contribution in [-0.2, 0) is 9.53 Å². The second-order valence-corrected chi connectivity index (χ2v) is 5.50. The minimum absolute atomic E-state index is 0.00823. The number of amides is 2. The summed E-state index contributed by atoms with van der Waals surface area (Å²) < 4.78 is 5.12. The second kappa shape index (κ2) is 6.41. The smallest absolute Gasteiger partial charge is 0.332 e. The van der Waals surface area contributed by atoms with Crippen LogP contribution in [0, 0.1) is 0 Å². The van der Waals surface area contributed by atoms with Gasteiger partial charge in [-0.25, -0.2) is 9.59 Å². The number of carboxylic acids is 1. The number of aliphatic hydroxyl groups excluding tert-OH is 1. The number of nitrogens with one attached hydrogen (secondary N) is 1. The average Bonchev–Trinajstić information content (AvgIpc) is 2.76. The Morgan fingerprint density at radius 3 is 2.75 bits per heavy atom. The van der Waals surface area contributed by atoms with E-state index in [4.69, 9.17) is 4.74 Å². The molecule has 114 valence electrons. The Labute approximate surface area is 117 Å². The fraction of sp³-hybridized carbons (Fsp3) is 0.846. The quantitative estimate of drug-likeness (QED) is 0.687. The van der Waals surface area contributed by atoms with E-state index in [9.17, 15) is 19.8 Å². The Kier molecular flexibility index (Phi) is 4.82. The number of carbonyl (C=O) groups is 2. The van der Waals surface area contributed by atoms with E-state index in [2.05, 4.69) is 5.32 Å². The first kappa shape index (κ1) is 15.1. The Morgan fingerprint density at radius 2 is 2.15 bits per heavy atom. The molecule has 7 heteroatoms. The lowest BCUT2D eigenvalue weighted by atomic mass is 9.99. The molecule has 20 heavy (non-hydrogen) atoms. The molecule has 2 fully saturated rings. The van der Waals surface area contributed by atoms with Crippen LogP contribution >= 0.6 is 0 Å². The Bertz CT molecular complexity index is 368. The van der Waals surface area contributed by atoms with Crippen LogP contribution in [0.2, 0.25) is 0 Å². The molecule has 0 spiro atoms. The molecule has 2 atom stereocenters. The summed E-state index contributed by atoms with van der Waals surface area (Å²) in [6.07, 6.45) is 3.89. The monoisotopic (exact) mass is 286 g/mol. The van der Waals surface area contributed by atoms with Gasteiger partial charge in [0.05, 0.1) is 19.3 Å². The van der Waals surface area contributed by atoms with Gasteiger partial charge in [-0.15, -0.1) is 0 Å². The molecule has 0 aliphatic carbocycles. The molecule has 2 heterocycles. The van der Waals surface area contributed by atoms with Gasteiger partial charge in [0.2, 0.25) is 0 Å². The molecule has 0 bridgehead atoms. The second-order valence-electron chi connectivity index (χ2n) is 5.50. The molecule has 2 unspecified atom stereocenters. The molecule has 2 aliphatic rings. The van der Waals surface area contributed by atoms with Crippen molar-refractivity contribution in [3.63, 3.8) is 0 Å². The van der Waals surface area contributed by atoms with Gasteiger partial charge in [-0.05, 0) is 12.8 Å². The number of carboxylic acid groups (broad SMARTS) is 1. The van der Waals surface area contributed by atoms with Crippen LogP contribution < -0.4 is 5.32 Å². The first-order chi connectivity index (χ1) is 9.59. The summed E-state index contributed by atoms with van der Waals surface area (Å²) >= 11 is 0. The first-order valence-electron chi connectivity index (χ1n) is 7.10. The van der Waals surface area contributed by atoms with E-state index in [-0.39, 0.29) is 25.7 Å². The van der Waals surface area contributed by atoms with Gasteiger partial charge in [0.15, 0.2) is 5.54 Å². The van der Waals surface area contributed by atoms with Crippen LogP contribution in [0.25, 0.3) is 0 Å². The van der Waals surface area contributed by atoms with Crippen molar-refractivity contribution in [2.24, 2.45) is 0 Å². The van der Waals surface area contributed by atoms with Gasteiger partial charge in [-0.3, -0.25) is 0 Å². The molecule has 2 aliphatic heterocycles. The van der Waals surface area contributed by atoms with Gasteiger partial charge in [0.25, 0.3) is 0 Å². The number of hydrogen-bond acceptors (Lipinski definition) is 4. The van der Waals surface area contributed by atoms with E-state index in [1.807, 2.05) is 0 Å². The van der Waals surface area contributed by atoms with Gasteiger partial charge in [0, 0.05) is 19.6 Å². The maximum atomic E-state index is 12.4. The van der Waals surface area contributed by atoms with E-state index in [1.165, 1.54) is 0 Å². The van der Waals surface area contributed by atoms with E-state index >= 15 is 0 Å². The third-order valence-electron chi connectivity index (χ3n) is 4.13. The maximum Gasteiger partial charge on any atom is 0.332 e. The zero-order valence-corrected chi connectivity index (χ0v) is 11.5. The van der Waals surface area contributed by atoms with Crippen molar-refractivity contribution in [1.82, 2.24) is 10.2 Å². The summed E-state index contributed by atoms with van der Waals surface area (Å²) in [5, 5.41) is 21.3. The Hall–Kier alpha value is -1.34. The summed E-state index contributed by atoms with van der Waals surface area (Å²) in [4.78, 5) is 25.3. The topological polar surface area (TPSA) is 99.1 Å². The largest absolute Gasteiger partial charge is 0.479 e. The van der Waals surface area contributed by atoms with E-state index < -0.39 is 17.5 Å². The van der Waals surface area contributed by atoms with Gasteiger partial charge in [-0.1, -0.05) is 12.8 Å². The zero-order chi connectivity index (χ0) is 14.6. The predicted molar refractivity (Wildman–Crippen MR) is 70.4 cm³/mol. The molecule has 3 N–H and O–H groups in total. The summed E-state index contributed by atoms with van der Waals surface area (Å²) in [6.45, 7) is 0.777. The number of likely N-dealkylation sites (tertiary alicyclic amines) is 1. The normalized spacial score (nSPS) is 30.9. The van der Waals surface area contributed by atoms with Crippen molar-refractivity contribution < 1.29 is 24.5 Å². The standard InChI is InChI=1S/C13H22N2O5/c16-8-10-4-2-1-3-6-15(10)12(19)14-13(11(17)18)5-7-20-9-13/h10,16H,1-9H2,(H,14,19)(H,17,18). The first-order valence-corrected chi connectivity index (χ1v) is 7.10. The highest BCUT2D eigenvalue weighted by atomic mass is 16.5. The van der Waals surface area contributed by atoms with Gasteiger partial charge < -0.3 is 25.2 Å². The highest BCUT2D eigenvalue weighted by molar-refractivity contribution is 5.86. The molecule has 2 saturated heterocycles. The lowest BCUT2D eigenvalue weighted by molar-refractivity contribution is -0.144. The number of nitrogens with zero attached hydrogens (tertiary/aromatic N) is 1. The summed E-state index contributed by atoms with van der Waals surface area (Å²) in [7, 11) is 0. The average molecular weight is 286 g/mol. The van der Waals surface area contributed by atoms with Crippen molar-refractivity contribution in [2.75, 3.05) is 26.4 Å². The van der Waals surface area contributed by atoms with Crippen molar-refractivity contribution in [3.8, 4) is 0 Å². The number of ether oxygens (including phenoxy) is 1. The summed E-state index contributed by atoms with van der Waals surface area (Å²) in [6, 6.07) is -0.649. The molecule has 2 rings (SSSR count). The van der Waals surface area contributed by atoms with Crippen molar-refractivity contribution >= 4 is 12.0 Å². The van der Waals surface area contributed by atoms with Gasteiger partial charge >= 0.3 is 12.0 Å². The van der Waals surface area contributed by atoms with Gasteiger partial charge in [0.1, 0.15) is 0 Å². The number of rotatable bonds is 3. The maximum absolute atomic E-state index is 12.4. The number of hydrogen-bond donors (Lipinski definition) is 3. The molecule has 0 aromatic carbocycles. The molecule has 0 radical (unpaired) electrons. The SMILES string of the molecule is O=C(NC1(C(=O)O)CCOC1)N1CCCCCC1CO. The molecule has 0 aromatic heterocycles. The number of carbonyl (C=O) groups excluding carboxylic acids is 1. The minimum Gasteiger partial charge on any atom is -0.479 e. The summed E-state index contributed by atoms with van der Waals surface area (Å²) in [5.74, 6) is -1.07. The third kappa shape index (κ3) is 3.04. The van der Waals surface area contributed by atoms with Crippen molar-refractivity contribution in [2.45, 2.75) is 43.7 Å². The van der Waals surface area contributed by atoms with E-state index in [0.717, 1.165) is 25.7 Å².